The summed E-state index contributed by atoms with van der Waals surface area (Å²) < 4.78 is 43.6. The molecule has 0 saturated carbocycles. The fourth-order valence-corrected chi connectivity index (χ4v) is 2.92. The molecule has 0 heterocycles. The highest BCUT2D eigenvalue weighted by molar-refractivity contribution is 7.92. The number of hydrogen-bond donors (Lipinski definition) is 0. The SMILES string of the molecule is CCOc1ccc(N(Cc2ccc(F)cc2)S(C)(=O)=O)cc1. The first-order valence-electron chi connectivity index (χ1n) is 6.85. The van der Waals surface area contributed by atoms with Crippen molar-refractivity contribution in [3.05, 3.63) is 59.9 Å². The van der Waals surface area contributed by atoms with E-state index < -0.39 is 10.0 Å². The topological polar surface area (TPSA) is 46.6 Å². The van der Waals surface area contributed by atoms with E-state index in [0.29, 0.717) is 23.6 Å². The van der Waals surface area contributed by atoms with Gasteiger partial charge in [0.1, 0.15) is 11.6 Å². The van der Waals surface area contributed by atoms with E-state index in [1.165, 1.54) is 16.4 Å². The van der Waals surface area contributed by atoms with Crippen molar-refractivity contribution in [3.8, 4) is 5.75 Å². The molecule has 0 atom stereocenters. The zero-order chi connectivity index (χ0) is 16.2. The smallest absolute Gasteiger partial charge is 0.232 e. The van der Waals surface area contributed by atoms with Gasteiger partial charge in [0.05, 0.1) is 25.1 Å². The Morgan fingerprint density at radius 3 is 2.14 bits per heavy atom. The Labute approximate surface area is 130 Å². The molecule has 0 saturated heterocycles. The van der Waals surface area contributed by atoms with Gasteiger partial charge in [-0.1, -0.05) is 12.1 Å². The van der Waals surface area contributed by atoms with Crippen LogP contribution < -0.4 is 9.04 Å². The summed E-state index contributed by atoms with van der Waals surface area (Å²) in [6, 6.07) is 12.6. The Kier molecular flexibility index (Phi) is 5.03. The minimum atomic E-state index is -3.45. The van der Waals surface area contributed by atoms with Crippen molar-refractivity contribution < 1.29 is 17.5 Å². The molecule has 4 nitrogen and oxygen atoms in total. The third kappa shape index (κ3) is 4.21. The Bertz CT molecular complexity index is 712. The summed E-state index contributed by atoms with van der Waals surface area (Å²) in [5.74, 6) is 0.331. The molecule has 118 valence electrons. The van der Waals surface area contributed by atoms with Gasteiger partial charge in [-0.15, -0.1) is 0 Å². The van der Waals surface area contributed by atoms with E-state index in [2.05, 4.69) is 0 Å². The summed E-state index contributed by atoms with van der Waals surface area (Å²) in [6.45, 7) is 2.57. The number of halogens is 1. The summed E-state index contributed by atoms with van der Waals surface area (Å²) in [7, 11) is -3.45. The zero-order valence-electron chi connectivity index (χ0n) is 12.5. The van der Waals surface area contributed by atoms with Gasteiger partial charge in [-0.2, -0.15) is 0 Å². The molecule has 22 heavy (non-hydrogen) atoms. The van der Waals surface area contributed by atoms with E-state index in [0.717, 1.165) is 6.26 Å². The summed E-state index contributed by atoms with van der Waals surface area (Å²) in [5.41, 5.74) is 1.25. The maximum atomic E-state index is 13.0. The highest BCUT2D eigenvalue weighted by atomic mass is 32.2. The fourth-order valence-electron chi connectivity index (χ4n) is 2.03. The van der Waals surface area contributed by atoms with Gasteiger partial charge in [-0.3, -0.25) is 4.31 Å². The molecule has 2 aromatic carbocycles. The molecule has 0 spiro atoms. The van der Waals surface area contributed by atoms with E-state index >= 15 is 0 Å². The summed E-state index contributed by atoms with van der Waals surface area (Å²) in [6.07, 6.45) is 1.15. The van der Waals surface area contributed by atoms with Crippen molar-refractivity contribution in [2.24, 2.45) is 0 Å². The molecule has 2 aromatic rings. The maximum absolute atomic E-state index is 13.0. The standard InChI is InChI=1S/C16H18FNO3S/c1-3-21-16-10-8-15(9-11-16)18(22(2,19)20)12-13-4-6-14(17)7-5-13/h4-11H,3,12H2,1-2H3. The first-order valence-corrected chi connectivity index (χ1v) is 8.70. The van der Waals surface area contributed by atoms with E-state index in [1.807, 2.05) is 6.92 Å². The Balaban J connectivity index is 2.28. The number of hydrogen-bond acceptors (Lipinski definition) is 3. The maximum Gasteiger partial charge on any atom is 0.232 e. The molecule has 0 unspecified atom stereocenters. The number of anilines is 1. The molecule has 0 N–H and O–H groups in total. The lowest BCUT2D eigenvalue weighted by Crippen LogP contribution is -2.29. The molecule has 0 fully saturated rings. The van der Waals surface area contributed by atoms with Crippen LogP contribution in [0.2, 0.25) is 0 Å². The van der Waals surface area contributed by atoms with Crippen LogP contribution in [-0.2, 0) is 16.6 Å². The highest BCUT2D eigenvalue weighted by Gasteiger charge is 2.18. The van der Waals surface area contributed by atoms with E-state index in [4.69, 9.17) is 4.74 Å². The van der Waals surface area contributed by atoms with E-state index in [-0.39, 0.29) is 12.4 Å². The van der Waals surface area contributed by atoms with Crippen LogP contribution in [0.25, 0.3) is 0 Å². The number of nitrogens with zero attached hydrogens (tertiary/aromatic N) is 1. The Morgan fingerprint density at radius 1 is 1.05 bits per heavy atom. The first-order chi connectivity index (χ1) is 10.4. The second-order valence-electron chi connectivity index (χ2n) is 4.82. The Morgan fingerprint density at radius 2 is 1.64 bits per heavy atom. The molecule has 0 amide bonds. The van der Waals surface area contributed by atoms with Crippen LogP contribution in [0.5, 0.6) is 5.75 Å². The van der Waals surface area contributed by atoms with E-state index in [1.54, 1.807) is 36.4 Å². The van der Waals surface area contributed by atoms with Gasteiger partial charge in [0.15, 0.2) is 0 Å². The Hall–Kier alpha value is -2.08. The third-order valence-electron chi connectivity index (χ3n) is 3.08. The molecule has 0 aliphatic rings. The molecule has 0 radical (unpaired) electrons. The van der Waals surface area contributed by atoms with Crippen LogP contribution in [0.3, 0.4) is 0 Å². The van der Waals surface area contributed by atoms with Crippen LogP contribution in [0.1, 0.15) is 12.5 Å². The predicted octanol–water partition coefficient (Wildman–Crippen LogP) is 3.19. The van der Waals surface area contributed by atoms with Crippen molar-refractivity contribution in [3.63, 3.8) is 0 Å². The lowest BCUT2D eigenvalue weighted by atomic mass is 10.2. The van der Waals surface area contributed by atoms with Crippen LogP contribution in [-0.4, -0.2) is 21.3 Å². The van der Waals surface area contributed by atoms with Gasteiger partial charge in [0, 0.05) is 0 Å². The summed E-state index contributed by atoms with van der Waals surface area (Å²) in [5, 5.41) is 0. The number of ether oxygens (including phenoxy) is 1. The highest BCUT2D eigenvalue weighted by Crippen LogP contribution is 2.23. The van der Waals surface area contributed by atoms with E-state index in [9.17, 15) is 12.8 Å². The monoisotopic (exact) mass is 323 g/mol. The average molecular weight is 323 g/mol. The predicted molar refractivity (Wildman–Crippen MR) is 85.0 cm³/mol. The number of rotatable bonds is 6. The van der Waals surface area contributed by atoms with Crippen molar-refractivity contribution >= 4 is 15.7 Å². The molecular weight excluding hydrogens is 305 g/mol. The van der Waals surface area contributed by atoms with Crippen molar-refractivity contribution in [2.75, 3.05) is 17.2 Å². The number of benzene rings is 2. The minimum absolute atomic E-state index is 0.146. The first kappa shape index (κ1) is 16.3. The van der Waals surface area contributed by atoms with Crippen LogP contribution in [0.15, 0.2) is 48.5 Å². The molecule has 6 heteroatoms. The fraction of sp³-hybridized carbons (Fsp3) is 0.250. The normalized spacial score (nSPS) is 11.2. The van der Waals surface area contributed by atoms with Gasteiger partial charge < -0.3 is 4.74 Å². The zero-order valence-corrected chi connectivity index (χ0v) is 13.3. The molecule has 0 bridgehead atoms. The third-order valence-corrected chi connectivity index (χ3v) is 4.22. The van der Waals surface area contributed by atoms with Crippen molar-refractivity contribution in [1.29, 1.82) is 0 Å². The quantitative estimate of drug-likeness (QED) is 0.820. The van der Waals surface area contributed by atoms with Gasteiger partial charge in [-0.25, -0.2) is 12.8 Å². The van der Waals surface area contributed by atoms with Gasteiger partial charge in [0.25, 0.3) is 0 Å². The molecular formula is C16H18FNO3S. The van der Waals surface area contributed by atoms with Gasteiger partial charge in [-0.05, 0) is 48.9 Å². The molecule has 0 aromatic heterocycles. The minimum Gasteiger partial charge on any atom is -0.494 e. The molecule has 0 aliphatic heterocycles. The van der Waals surface area contributed by atoms with Crippen LogP contribution >= 0.6 is 0 Å². The van der Waals surface area contributed by atoms with Gasteiger partial charge in [0.2, 0.25) is 10.0 Å². The van der Waals surface area contributed by atoms with Crippen molar-refractivity contribution in [1.82, 2.24) is 0 Å². The number of sulfonamides is 1. The summed E-state index contributed by atoms with van der Waals surface area (Å²) >= 11 is 0. The average Bonchev–Trinajstić information content (AvgIpc) is 2.47. The lowest BCUT2D eigenvalue weighted by molar-refractivity contribution is 0.340. The van der Waals surface area contributed by atoms with Crippen molar-refractivity contribution in [2.45, 2.75) is 13.5 Å². The molecule has 2 rings (SSSR count). The largest absolute Gasteiger partial charge is 0.494 e. The second kappa shape index (κ2) is 6.79. The summed E-state index contributed by atoms with van der Waals surface area (Å²) in [4.78, 5) is 0. The van der Waals surface area contributed by atoms with Crippen LogP contribution in [0, 0.1) is 5.82 Å². The second-order valence-corrected chi connectivity index (χ2v) is 6.73. The lowest BCUT2D eigenvalue weighted by Gasteiger charge is -2.22. The van der Waals surface area contributed by atoms with Gasteiger partial charge >= 0.3 is 0 Å². The molecule has 0 aliphatic carbocycles. The van der Waals surface area contributed by atoms with Crippen LogP contribution in [0.4, 0.5) is 10.1 Å².